The van der Waals surface area contributed by atoms with Crippen molar-refractivity contribution in [3.05, 3.63) is 83.6 Å². The van der Waals surface area contributed by atoms with E-state index >= 15 is 0 Å². The second-order valence-electron chi connectivity index (χ2n) is 7.72. The number of hydrogen-bond donors (Lipinski definition) is 0. The summed E-state index contributed by atoms with van der Waals surface area (Å²) in [6, 6.07) is 19.4. The molecular weight excluding hydrogens is 370 g/mol. The zero-order valence-corrected chi connectivity index (χ0v) is 18.1. The normalized spacial score (nSPS) is 10.7. The zero-order chi connectivity index (χ0) is 21.2. The average molecular weight is 402 g/mol. The summed E-state index contributed by atoms with van der Waals surface area (Å²) in [7, 11) is 0. The fourth-order valence-electron chi connectivity index (χ4n) is 3.45. The molecule has 3 heteroatoms. The van der Waals surface area contributed by atoms with E-state index in [9.17, 15) is 4.79 Å². The van der Waals surface area contributed by atoms with Crippen molar-refractivity contribution in [2.75, 3.05) is 0 Å². The molecule has 0 N–H and O–H groups in total. The van der Waals surface area contributed by atoms with Crippen molar-refractivity contribution in [1.82, 2.24) is 4.98 Å². The van der Waals surface area contributed by atoms with Crippen LogP contribution in [0.1, 0.15) is 67.4 Å². The van der Waals surface area contributed by atoms with E-state index in [1.165, 1.54) is 36.8 Å². The maximum absolute atomic E-state index is 12.5. The van der Waals surface area contributed by atoms with Crippen LogP contribution in [0, 0.1) is 0 Å². The fourth-order valence-corrected chi connectivity index (χ4v) is 3.45. The highest BCUT2D eigenvalue weighted by molar-refractivity contribution is 5.91. The van der Waals surface area contributed by atoms with Crippen LogP contribution in [-0.2, 0) is 12.8 Å². The molecule has 0 radical (unpaired) electrons. The van der Waals surface area contributed by atoms with Gasteiger partial charge in [-0.1, -0.05) is 69.9 Å². The van der Waals surface area contributed by atoms with Crippen LogP contribution in [0.2, 0.25) is 0 Å². The molecule has 0 saturated carbocycles. The van der Waals surface area contributed by atoms with Gasteiger partial charge in [0.05, 0.1) is 11.3 Å². The first-order chi connectivity index (χ1) is 14.7. The van der Waals surface area contributed by atoms with Gasteiger partial charge in [0, 0.05) is 11.8 Å². The number of carbonyl (C=O) groups is 1. The number of hydrogen-bond acceptors (Lipinski definition) is 3. The molecule has 0 bridgehead atoms. The standard InChI is InChI=1S/C27H31NO2/c1-3-5-6-7-9-21-10-17-25(18-11-21)30-27(29)24-15-13-23(14-16-24)26-19-12-22(8-4-2)20-28-26/h10-20H,3-9H2,1-2H3. The van der Waals surface area contributed by atoms with Gasteiger partial charge in [-0.2, -0.15) is 0 Å². The third-order valence-electron chi connectivity index (χ3n) is 5.23. The van der Waals surface area contributed by atoms with Gasteiger partial charge in [0.25, 0.3) is 0 Å². The topological polar surface area (TPSA) is 39.2 Å². The fraction of sp³-hybridized carbons (Fsp3) is 0.333. The molecule has 0 unspecified atom stereocenters. The monoisotopic (exact) mass is 401 g/mol. The quantitative estimate of drug-likeness (QED) is 0.208. The molecule has 0 fully saturated rings. The molecule has 1 aromatic heterocycles. The van der Waals surface area contributed by atoms with Gasteiger partial charge in [-0.05, 0) is 60.7 Å². The summed E-state index contributed by atoms with van der Waals surface area (Å²) in [6.45, 7) is 4.38. The molecule has 1 heterocycles. The van der Waals surface area contributed by atoms with Crippen molar-refractivity contribution in [1.29, 1.82) is 0 Å². The van der Waals surface area contributed by atoms with E-state index in [2.05, 4.69) is 24.9 Å². The molecule has 3 rings (SSSR count). The van der Waals surface area contributed by atoms with Crippen molar-refractivity contribution in [3.63, 3.8) is 0 Å². The Labute approximate surface area is 180 Å². The predicted octanol–water partition coefficient (Wildman–Crippen LogP) is 7.04. The molecular formula is C27H31NO2. The van der Waals surface area contributed by atoms with Gasteiger partial charge in [0.15, 0.2) is 0 Å². The van der Waals surface area contributed by atoms with E-state index in [0.29, 0.717) is 11.3 Å². The van der Waals surface area contributed by atoms with Crippen molar-refractivity contribution >= 4 is 5.97 Å². The van der Waals surface area contributed by atoms with E-state index in [1.54, 1.807) is 12.1 Å². The minimum absolute atomic E-state index is 0.344. The van der Waals surface area contributed by atoms with Crippen LogP contribution in [-0.4, -0.2) is 11.0 Å². The van der Waals surface area contributed by atoms with Crippen molar-refractivity contribution in [3.8, 4) is 17.0 Å². The molecule has 0 saturated heterocycles. The second kappa shape index (κ2) is 11.3. The van der Waals surface area contributed by atoms with Gasteiger partial charge in [-0.15, -0.1) is 0 Å². The van der Waals surface area contributed by atoms with Gasteiger partial charge in [0.1, 0.15) is 5.75 Å². The lowest BCUT2D eigenvalue weighted by Crippen LogP contribution is -2.08. The summed E-state index contributed by atoms with van der Waals surface area (Å²) in [5.41, 5.74) is 4.96. The smallest absolute Gasteiger partial charge is 0.343 e. The number of ether oxygens (including phenoxy) is 1. The average Bonchev–Trinajstić information content (AvgIpc) is 2.79. The Morgan fingerprint density at radius 3 is 2.13 bits per heavy atom. The number of carbonyl (C=O) groups excluding carboxylic acids is 1. The van der Waals surface area contributed by atoms with Crippen LogP contribution in [0.15, 0.2) is 66.9 Å². The van der Waals surface area contributed by atoms with Crippen LogP contribution < -0.4 is 4.74 Å². The molecule has 2 aromatic carbocycles. The number of benzene rings is 2. The highest BCUT2D eigenvalue weighted by Crippen LogP contribution is 2.20. The van der Waals surface area contributed by atoms with Crippen molar-refractivity contribution in [2.24, 2.45) is 0 Å². The van der Waals surface area contributed by atoms with E-state index < -0.39 is 0 Å². The molecule has 0 aliphatic carbocycles. The summed E-state index contributed by atoms with van der Waals surface area (Å²) >= 11 is 0. The molecule has 0 aliphatic heterocycles. The van der Waals surface area contributed by atoms with E-state index in [4.69, 9.17) is 4.74 Å². The molecule has 0 atom stereocenters. The lowest BCUT2D eigenvalue weighted by atomic mass is 10.1. The predicted molar refractivity (Wildman–Crippen MR) is 123 cm³/mol. The Bertz CT molecular complexity index is 913. The molecule has 0 aliphatic rings. The lowest BCUT2D eigenvalue weighted by molar-refractivity contribution is 0.0734. The Hall–Kier alpha value is -2.94. The van der Waals surface area contributed by atoms with Crippen LogP contribution in [0.25, 0.3) is 11.3 Å². The number of nitrogens with zero attached hydrogens (tertiary/aromatic N) is 1. The highest BCUT2D eigenvalue weighted by atomic mass is 16.5. The maximum atomic E-state index is 12.5. The van der Waals surface area contributed by atoms with Crippen LogP contribution in [0.4, 0.5) is 0 Å². The van der Waals surface area contributed by atoms with E-state index in [-0.39, 0.29) is 5.97 Å². The summed E-state index contributed by atoms with van der Waals surface area (Å²) in [6.07, 6.45) is 10.2. The Kier molecular flexibility index (Phi) is 8.20. The van der Waals surface area contributed by atoms with E-state index in [1.807, 2.05) is 48.7 Å². The van der Waals surface area contributed by atoms with Gasteiger partial charge < -0.3 is 4.74 Å². The van der Waals surface area contributed by atoms with Gasteiger partial charge in [0.2, 0.25) is 0 Å². The Morgan fingerprint density at radius 2 is 1.50 bits per heavy atom. The van der Waals surface area contributed by atoms with Gasteiger partial charge in [-0.25, -0.2) is 4.79 Å². The number of pyridine rings is 1. The third kappa shape index (κ3) is 6.28. The van der Waals surface area contributed by atoms with Gasteiger partial charge >= 0.3 is 5.97 Å². The highest BCUT2D eigenvalue weighted by Gasteiger charge is 2.09. The first kappa shape index (κ1) is 21.8. The lowest BCUT2D eigenvalue weighted by Gasteiger charge is -2.07. The van der Waals surface area contributed by atoms with Crippen LogP contribution in [0.3, 0.4) is 0 Å². The number of esters is 1. The number of aromatic nitrogens is 1. The summed E-state index contributed by atoms with van der Waals surface area (Å²) in [5, 5.41) is 0. The molecule has 156 valence electrons. The molecule has 30 heavy (non-hydrogen) atoms. The first-order valence-electron chi connectivity index (χ1n) is 11.1. The first-order valence-corrected chi connectivity index (χ1v) is 11.1. The largest absolute Gasteiger partial charge is 0.423 e. The summed E-state index contributed by atoms with van der Waals surface area (Å²) in [5.74, 6) is 0.234. The maximum Gasteiger partial charge on any atom is 0.343 e. The zero-order valence-electron chi connectivity index (χ0n) is 18.1. The summed E-state index contributed by atoms with van der Waals surface area (Å²) < 4.78 is 5.53. The molecule has 3 nitrogen and oxygen atoms in total. The summed E-state index contributed by atoms with van der Waals surface area (Å²) in [4.78, 5) is 17.0. The second-order valence-corrected chi connectivity index (χ2v) is 7.72. The van der Waals surface area contributed by atoms with Crippen LogP contribution >= 0.6 is 0 Å². The molecule has 0 amide bonds. The van der Waals surface area contributed by atoms with E-state index in [0.717, 1.165) is 30.5 Å². The number of unbranched alkanes of at least 4 members (excludes halogenated alkanes) is 3. The van der Waals surface area contributed by atoms with Crippen molar-refractivity contribution < 1.29 is 9.53 Å². The number of rotatable bonds is 10. The Morgan fingerprint density at radius 1 is 0.767 bits per heavy atom. The third-order valence-corrected chi connectivity index (χ3v) is 5.23. The minimum atomic E-state index is -0.344. The number of aryl methyl sites for hydroxylation is 2. The SMILES string of the molecule is CCCCCCc1ccc(OC(=O)c2ccc(-c3ccc(CCC)cn3)cc2)cc1. The minimum Gasteiger partial charge on any atom is -0.423 e. The van der Waals surface area contributed by atoms with Crippen LogP contribution in [0.5, 0.6) is 5.75 Å². The van der Waals surface area contributed by atoms with Gasteiger partial charge in [-0.3, -0.25) is 4.98 Å². The molecule has 0 spiro atoms. The Balaban J connectivity index is 1.56. The van der Waals surface area contributed by atoms with Crippen molar-refractivity contribution in [2.45, 2.75) is 58.8 Å². The molecule has 3 aromatic rings.